The number of hydrogen-bond acceptors (Lipinski definition) is 4. The molecule has 0 unspecified atom stereocenters. The van der Waals surface area contributed by atoms with Crippen molar-refractivity contribution in [2.24, 2.45) is 10.1 Å². The maximum atomic E-state index is 11.2. The van der Waals surface area contributed by atoms with Crippen LogP contribution in [-0.4, -0.2) is 28.3 Å². The van der Waals surface area contributed by atoms with Crippen LogP contribution < -0.4 is 9.88 Å². The molecule has 0 heterocycles. The number of methoxy groups -OCH3 is 1. The van der Waals surface area contributed by atoms with E-state index in [0.717, 1.165) is 23.3 Å². The summed E-state index contributed by atoms with van der Waals surface area (Å²) in [4.78, 5) is 4.48. The van der Waals surface area contributed by atoms with Crippen molar-refractivity contribution in [3.8, 4) is 5.75 Å². The summed E-state index contributed by atoms with van der Waals surface area (Å²) in [5, 5.41) is 5.05. The van der Waals surface area contributed by atoms with Crippen molar-refractivity contribution in [2.75, 3.05) is 13.7 Å². The van der Waals surface area contributed by atoms with E-state index in [1.165, 1.54) is 12.1 Å². The first-order chi connectivity index (χ1) is 10.5. The summed E-state index contributed by atoms with van der Waals surface area (Å²) in [6.45, 7) is 0.626. The number of ether oxygens (including phenoxy) is 1. The second-order valence-electron chi connectivity index (χ2n) is 4.75. The van der Waals surface area contributed by atoms with Crippen molar-refractivity contribution in [2.45, 2.75) is 11.3 Å². The predicted octanol–water partition coefficient (Wildman–Crippen LogP) is 2.00. The number of primary sulfonamides is 1. The number of nitrogens with zero attached hydrogens (tertiary/aromatic N) is 1. The van der Waals surface area contributed by atoms with Gasteiger partial charge in [-0.25, -0.2) is 13.6 Å². The van der Waals surface area contributed by atoms with Crippen molar-refractivity contribution >= 4 is 16.2 Å². The quantitative estimate of drug-likeness (QED) is 0.827. The number of benzene rings is 2. The van der Waals surface area contributed by atoms with Crippen LogP contribution in [0, 0.1) is 0 Å². The van der Waals surface area contributed by atoms with Crippen LogP contribution in [0.5, 0.6) is 5.75 Å². The highest BCUT2D eigenvalue weighted by Crippen LogP contribution is 2.11. The van der Waals surface area contributed by atoms with E-state index in [4.69, 9.17) is 9.88 Å². The number of hydrogen-bond donors (Lipinski definition) is 1. The van der Waals surface area contributed by atoms with E-state index in [-0.39, 0.29) is 4.90 Å². The van der Waals surface area contributed by atoms with Crippen LogP contribution in [0.1, 0.15) is 11.1 Å². The molecule has 2 aromatic rings. The molecule has 0 aliphatic rings. The Bertz CT molecular complexity index is 736. The van der Waals surface area contributed by atoms with Gasteiger partial charge in [0, 0.05) is 12.8 Å². The monoisotopic (exact) mass is 318 g/mol. The van der Waals surface area contributed by atoms with Gasteiger partial charge in [0.25, 0.3) is 0 Å². The topological polar surface area (TPSA) is 81.8 Å². The van der Waals surface area contributed by atoms with Gasteiger partial charge in [-0.15, -0.1) is 0 Å². The van der Waals surface area contributed by atoms with Crippen molar-refractivity contribution in [3.63, 3.8) is 0 Å². The summed E-state index contributed by atoms with van der Waals surface area (Å²) in [6.07, 6.45) is 2.54. The molecule has 0 fully saturated rings. The lowest BCUT2D eigenvalue weighted by molar-refractivity contribution is 0.415. The van der Waals surface area contributed by atoms with E-state index in [9.17, 15) is 8.42 Å². The van der Waals surface area contributed by atoms with Gasteiger partial charge in [-0.1, -0.05) is 12.1 Å². The highest BCUT2D eigenvalue weighted by molar-refractivity contribution is 7.89. The molecule has 0 aliphatic carbocycles. The highest BCUT2D eigenvalue weighted by atomic mass is 32.2. The molecule has 0 radical (unpaired) electrons. The second-order valence-corrected chi connectivity index (χ2v) is 6.31. The molecule has 5 nitrogen and oxygen atoms in total. The van der Waals surface area contributed by atoms with Gasteiger partial charge in [0.05, 0.1) is 12.0 Å². The highest BCUT2D eigenvalue weighted by Gasteiger charge is 2.06. The molecule has 2 aromatic carbocycles. The Balaban J connectivity index is 1.88. The lowest BCUT2D eigenvalue weighted by Crippen LogP contribution is -2.11. The maximum Gasteiger partial charge on any atom is 0.238 e. The molecule has 6 heteroatoms. The van der Waals surface area contributed by atoms with E-state index in [1.807, 2.05) is 24.3 Å². The largest absolute Gasteiger partial charge is 0.497 e. The van der Waals surface area contributed by atoms with Crippen molar-refractivity contribution in [1.82, 2.24) is 0 Å². The van der Waals surface area contributed by atoms with Crippen molar-refractivity contribution < 1.29 is 13.2 Å². The molecule has 0 saturated heterocycles. The van der Waals surface area contributed by atoms with Crippen LogP contribution in [-0.2, 0) is 16.4 Å². The zero-order valence-electron chi connectivity index (χ0n) is 12.3. The predicted molar refractivity (Wildman–Crippen MR) is 87.0 cm³/mol. The van der Waals surface area contributed by atoms with E-state index >= 15 is 0 Å². The third kappa shape index (κ3) is 4.68. The van der Waals surface area contributed by atoms with Gasteiger partial charge in [0.1, 0.15) is 5.75 Å². The van der Waals surface area contributed by atoms with E-state index in [2.05, 4.69) is 4.99 Å². The zero-order chi connectivity index (χ0) is 16.0. The Morgan fingerprint density at radius 3 is 2.27 bits per heavy atom. The van der Waals surface area contributed by atoms with Crippen LogP contribution >= 0.6 is 0 Å². The number of nitrogens with two attached hydrogens (primary N) is 1. The Morgan fingerprint density at radius 2 is 1.73 bits per heavy atom. The van der Waals surface area contributed by atoms with Gasteiger partial charge in [-0.3, -0.25) is 4.99 Å². The third-order valence-electron chi connectivity index (χ3n) is 3.14. The molecule has 116 valence electrons. The summed E-state index contributed by atoms with van der Waals surface area (Å²) < 4.78 is 27.4. The number of aliphatic imine (C=N–C) groups is 1. The van der Waals surface area contributed by atoms with Crippen LogP contribution in [0.3, 0.4) is 0 Å². The normalized spacial score (nSPS) is 11.7. The van der Waals surface area contributed by atoms with Crippen LogP contribution in [0.2, 0.25) is 0 Å². The Kier molecular flexibility index (Phi) is 5.30. The molecule has 2 N–H and O–H groups in total. The molecular weight excluding hydrogens is 300 g/mol. The molecule has 2 rings (SSSR count). The standard InChI is InChI=1S/C16H18N2O3S/c1-21-15-6-2-14(3-7-15)12-18-11-10-13-4-8-16(9-5-13)22(17,19)20/h2-9,12H,10-11H2,1H3,(H2,17,19,20). The van der Waals surface area contributed by atoms with Crippen LogP contribution in [0.4, 0.5) is 0 Å². The minimum absolute atomic E-state index is 0.123. The fourth-order valence-corrected chi connectivity index (χ4v) is 2.41. The molecule has 0 amide bonds. The molecule has 0 bridgehead atoms. The van der Waals surface area contributed by atoms with Crippen LogP contribution in [0.25, 0.3) is 0 Å². The minimum atomic E-state index is -3.63. The van der Waals surface area contributed by atoms with E-state index in [0.29, 0.717) is 6.54 Å². The molecule has 0 atom stereocenters. The van der Waals surface area contributed by atoms with Crippen molar-refractivity contribution in [1.29, 1.82) is 0 Å². The molecule has 0 spiro atoms. The Labute approximate surface area is 130 Å². The average molecular weight is 318 g/mol. The fraction of sp³-hybridized carbons (Fsp3) is 0.188. The third-order valence-corrected chi connectivity index (χ3v) is 4.07. The SMILES string of the molecule is COc1ccc(C=NCCc2ccc(S(N)(=O)=O)cc2)cc1. The van der Waals surface area contributed by atoms with Gasteiger partial charge in [0.15, 0.2) is 0 Å². The molecule has 0 aliphatic heterocycles. The summed E-state index contributed by atoms with van der Waals surface area (Å²) in [6, 6.07) is 14.2. The summed E-state index contributed by atoms with van der Waals surface area (Å²) >= 11 is 0. The fourth-order valence-electron chi connectivity index (χ4n) is 1.90. The van der Waals surface area contributed by atoms with Gasteiger partial charge >= 0.3 is 0 Å². The van der Waals surface area contributed by atoms with Gasteiger partial charge in [0.2, 0.25) is 10.0 Å². The Hall–Kier alpha value is -2.18. The lowest BCUT2D eigenvalue weighted by atomic mass is 10.1. The first kappa shape index (κ1) is 16.2. The summed E-state index contributed by atoms with van der Waals surface area (Å²) in [5.74, 6) is 0.812. The second kappa shape index (κ2) is 7.20. The average Bonchev–Trinajstić information content (AvgIpc) is 2.52. The number of rotatable bonds is 6. The smallest absolute Gasteiger partial charge is 0.238 e. The van der Waals surface area contributed by atoms with E-state index < -0.39 is 10.0 Å². The molecule has 0 saturated carbocycles. The first-order valence-corrected chi connectivity index (χ1v) is 8.29. The molecular formula is C16H18N2O3S. The summed E-state index contributed by atoms with van der Waals surface area (Å²) in [5.41, 5.74) is 2.02. The molecule has 0 aromatic heterocycles. The summed E-state index contributed by atoms with van der Waals surface area (Å²) in [7, 11) is -2.00. The van der Waals surface area contributed by atoms with Gasteiger partial charge < -0.3 is 4.74 Å². The minimum Gasteiger partial charge on any atom is -0.497 e. The van der Waals surface area contributed by atoms with Crippen LogP contribution in [0.15, 0.2) is 58.4 Å². The first-order valence-electron chi connectivity index (χ1n) is 6.74. The lowest BCUT2D eigenvalue weighted by Gasteiger charge is -2.01. The van der Waals surface area contributed by atoms with Gasteiger partial charge in [-0.2, -0.15) is 0 Å². The maximum absolute atomic E-state index is 11.2. The number of sulfonamides is 1. The van der Waals surface area contributed by atoms with Gasteiger partial charge in [-0.05, 0) is 53.9 Å². The zero-order valence-corrected chi connectivity index (χ0v) is 13.1. The van der Waals surface area contributed by atoms with Crippen molar-refractivity contribution in [3.05, 3.63) is 59.7 Å². The molecule has 22 heavy (non-hydrogen) atoms. The Morgan fingerprint density at radius 1 is 1.09 bits per heavy atom. The van der Waals surface area contributed by atoms with E-state index in [1.54, 1.807) is 25.5 Å².